The summed E-state index contributed by atoms with van der Waals surface area (Å²) in [5, 5.41) is 0. The Bertz CT molecular complexity index is 935. The maximum atomic E-state index is 12.8. The molecule has 0 aliphatic rings. The maximum absolute atomic E-state index is 12.8. The van der Waals surface area contributed by atoms with E-state index in [-0.39, 0.29) is 12.8 Å². The van der Waals surface area contributed by atoms with Crippen LogP contribution >= 0.6 is 0 Å². The highest BCUT2D eigenvalue weighted by Crippen LogP contribution is 2.33. The zero-order valence-electron chi connectivity index (χ0n) is 15.6. The molecule has 3 aromatic rings. The van der Waals surface area contributed by atoms with Gasteiger partial charge in [-0.05, 0) is 71.5 Å². The zero-order chi connectivity index (χ0) is 22.1. The monoisotopic (exact) mass is 424 g/mol. The highest BCUT2D eigenvalue weighted by Gasteiger charge is 2.30. The third-order valence-corrected chi connectivity index (χ3v) is 4.83. The molecular weight excluding hydrogens is 406 g/mol. The molecule has 8 heteroatoms. The van der Waals surface area contributed by atoms with Crippen LogP contribution in [0.5, 0.6) is 0 Å². The van der Waals surface area contributed by atoms with Gasteiger partial charge < -0.3 is 11.5 Å². The van der Waals surface area contributed by atoms with Gasteiger partial charge in [0.15, 0.2) is 0 Å². The first kappa shape index (κ1) is 21.5. The van der Waals surface area contributed by atoms with Crippen molar-refractivity contribution in [3.05, 3.63) is 94.0 Å². The van der Waals surface area contributed by atoms with E-state index in [1.807, 2.05) is 0 Å². The van der Waals surface area contributed by atoms with Crippen molar-refractivity contribution in [2.45, 2.75) is 25.2 Å². The van der Waals surface area contributed by atoms with Crippen LogP contribution in [-0.4, -0.2) is 0 Å². The summed E-state index contributed by atoms with van der Waals surface area (Å²) in [7, 11) is 0. The second-order valence-corrected chi connectivity index (χ2v) is 6.94. The number of nitrogen functional groups attached to an aromatic ring is 2. The highest BCUT2D eigenvalue weighted by atomic mass is 19.4. The highest BCUT2D eigenvalue weighted by molar-refractivity contribution is 5.64. The van der Waals surface area contributed by atoms with Crippen molar-refractivity contribution in [2.24, 2.45) is 0 Å². The molecule has 0 heterocycles. The van der Waals surface area contributed by atoms with Crippen molar-refractivity contribution in [1.82, 2.24) is 0 Å². The Morgan fingerprint density at radius 1 is 0.500 bits per heavy atom. The molecule has 0 radical (unpaired) electrons. The van der Waals surface area contributed by atoms with Crippen LogP contribution in [0.15, 0.2) is 60.7 Å². The van der Waals surface area contributed by atoms with Gasteiger partial charge in [0.1, 0.15) is 0 Å². The predicted octanol–water partition coefficient (Wildman–Crippen LogP) is 6.07. The Balaban J connectivity index is 1.90. The number of nitrogens with two attached hydrogens (primary N) is 2. The first-order valence-electron chi connectivity index (χ1n) is 8.93. The molecule has 0 aliphatic carbocycles. The lowest BCUT2D eigenvalue weighted by Gasteiger charge is -2.16. The van der Waals surface area contributed by atoms with Crippen molar-refractivity contribution in [2.75, 3.05) is 11.5 Å². The van der Waals surface area contributed by atoms with Gasteiger partial charge in [0.05, 0.1) is 11.1 Å². The lowest BCUT2D eigenvalue weighted by atomic mass is 9.92. The van der Waals surface area contributed by atoms with Crippen molar-refractivity contribution in [3.63, 3.8) is 0 Å². The smallest absolute Gasteiger partial charge is 0.398 e. The second kappa shape index (κ2) is 7.93. The standard InChI is InChI=1S/C22H18F6N2/c23-21(24,25)15-5-1-13(2-6-15)11-17-18(20(30)10-9-19(17)29)12-14-3-7-16(8-4-14)22(26,27)28/h1-10H,11-12,29-30H2. The summed E-state index contributed by atoms with van der Waals surface area (Å²) in [6.45, 7) is 0. The number of hydrogen-bond acceptors (Lipinski definition) is 2. The molecule has 0 fully saturated rings. The Kier molecular flexibility index (Phi) is 5.70. The first-order valence-corrected chi connectivity index (χ1v) is 8.93. The van der Waals surface area contributed by atoms with Gasteiger partial charge in [0, 0.05) is 11.4 Å². The minimum absolute atomic E-state index is 0.241. The van der Waals surface area contributed by atoms with Crippen molar-refractivity contribution in [1.29, 1.82) is 0 Å². The number of halogens is 6. The average Bonchev–Trinajstić information content (AvgIpc) is 2.67. The van der Waals surface area contributed by atoms with E-state index in [0.717, 1.165) is 24.3 Å². The summed E-state index contributed by atoms with van der Waals surface area (Å²) in [5.41, 5.74) is 14.0. The van der Waals surface area contributed by atoms with Gasteiger partial charge in [-0.1, -0.05) is 24.3 Å². The molecule has 4 N–H and O–H groups in total. The summed E-state index contributed by atoms with van der Waals surface area (Å²) in [6, 6.07) is 12.7. The van der Waals surface area contributed by atoms with Gasteiger partial charge in [0.25, 0.3) is 0 Å². The van der Waals surface area contributed by atoms with E-state index >= 15 is 0 Å². The van der Waals surface area contributed by atoms with E-state index in [1.165, 1.54) is 24.3 Å². The molecule has 0 saturated carbocycles. The van der Waals surface area contributed by atoms with Gasteiger partial charge >= 0.3 is 12.4 Å². The number of hydrogen-bond donors (Lipinski definition) is 2. The Morgan fingerprint density at radius 2 is 0.800 bits per heavy atom. The fourth-order valence-electron chi connectivity index (χ4n) is 3.18. The maximum Gasteiger partial charge on any atom is 0.416 e. The molecule has 3 aromatic carbocycles. The number of anilines is 2. The van der Waals surface area contributed by atoms with Gasteiger partial charge in [-0.3, -0.25) is 0 Å². The number of alkyl halides is 6. The lowest BCUT2D eigenvalue weighted by Crippen LogP contribution is -2.08. The van der Waals surface area contributed by atoms with Gasteiger partial charge in [-0.2, -0.15) is 26.3 Å². The van der Waals surface area contributed by atoms with Crippen LogP contribution in [0.25, 0.3) is 0 Å². The normalized spacial score (nSPS) is 12.2. The molecule has 0 bridgehead atoms. The molecular formula is C22H18F6N2. The van der Waals surface area contributed by atoms with Crippen LogP contribution in [-0.2, 0) is 25.2 Å². The lowest BCUT2D eigenvalue weighted by molar-refractivity contribution is -0.138. The van der Waals surface area contributed by atoms with Gasteiger partial charge in [0.2, 0.25) is 0 Å². The SMILES string of the molecule is Nc1ccc(N)c(Cc2ccc(C(F)(F)F)cc2)c1Cc1ccc(C(F)(F)F)cc1. The summed E-state index contributed by atoms with van der Waals surface area (Å²) in [5.74, 6) is 0. The van der Waals surface area contributed by atoms with Crippen LogP contribution < -0.4 is 11.5 Å². The minimum Gasteiger partial charge on any atom is -0.398 e. The fraction of sp³-hybridized carbons (Fsp3) is 0.182. The van der Waals surface area contributed by atoms with E-state index < -0.39 is 23.5 Å². The quantitative estimate of drug-likeness (QED) is 0.395. The molecule has 0 spiro atoms. The number of rotatable bonds is 4. The Hall–Kier alpha value is -3.16. The molecule has 0 aromatic heterocycles. The van der Waals surface area contributed by atoms with E-state index in [0.29, 0.717) is 33.6 Å². The molecule has 0 aliphatic heterocycles. The molecule has 0 unspecified atom stereocenters. The molecule has 30 heavy (non-hydrogen) atoms. The predicted molar refractivity (Wildman–Crippen MR) is 104 cm³/mol. The van der Waals surface area contributed by atoms with E-state index in [9.17, 15) is 26.3 Å². The summed E-state index contributed by atoms with van der Waals surface area (Å²) in [6.07, 6.45) is -8.37. The van der Waals surface area contributed by atoms with Crippen LogP contribution in [0.4, 0.5) is 37.7 Å². The minimum atomic E-state index is -4.43. The van der Waals surface area contributed by atoms with Crippen LogP contribution in [0.1, 0.15) is 33.4 Å². The molecule has 0 amide bonds. The first-order chi connectivity index (χ1) is 13.9. The summed E-state index contributed by atoms with van der Waals surface area (Å²) >= 11 is 0. The van der Waals surface area contributed by atoms with Crippen molar-refractivity contribution in [3.8, 4) is 0 Å². The molecule has 0 saturated heterocycles. The average molecular weight is 424 g/mol. The summed E-state index contributed by atoms with van der Waals surface area (Å²) in [4.78, 5) is 0. The van der Waals surface area contributed by atoms with Crippen LogP contribution in [0.3, 0.4) is 0 Å². The molecule has 3 rings (SSSR count). The largest absolute Gasteiger partial charge is 0.416 e. The zero-order valence-corrected chi connectivity index (χ0v) is 15.6. The Labute approximate surface area is 169 Å². The van der Waals surface area contributed by atoms with E-state index in [4.69, 9.17) is 11.5 Å². The van der Waals surface area contributed by atoms with Gasteiger partial charge in [-0.25, -0.2) is 0 Å². The molecule has 158 valence electrons. The van der Waals surface area contributed by atoms with E-state index in [1.54, 1.807) is 12.1 Å². The van der Waals surface area contributed by atoms with Crippen molar-refractivity contribution >= 4 is 11.4 Å². The van der Waals surface area contributed by atoms with Gasteiger partial charge in [-0.15, -0.1) is 0 Å². The van der Waals surface area contributed by atoms with E-state index in [2.05, 4.69) is 0 Å². The fourth-order valence-corrected chi connectivity index (χ4v) is 3.18. The van der Waals surface area contributed by atoms with Crippen LogP contribution in [0, 0.1) is 0 Å². The topological polar surface area (TPSA) is 52.0 Å². The molecule has 0 atom stereocenters. The van der Waals surface area contributed by atoms with Crippen LogP contribution in [0.2, 0.25) is 0 Å². The summed E-state index contributed by atoms with van der Waals surface area (Å²) < 4.78 is 76.6. The van der Waals surface area contributed by atoms with Crippen molar-refractivity contribution < 1.29 is 26.3 Å². The Morgan fingerprint density at radius 3 is 1.07 bits per heavy atom. The number of benzene rings is 3. The third-order valence-electron chi connectivity index (χ3n) is 4.83. The molecule has 2 nitrogen and oxygen atoms in total. The third kappa shape index (κ3) is 4.87. The second-order valence-electron chi connectivity index (χ2n) is 6.94.